The first-order valence-corrected chi connectivity index (χ1v) is 11.5. The van der Waals surface area contributed by atoms with Gasteiger partial charge in [0.2, 0.25) is 5.91 Å². The summed E-state index contributed by atoms with van der Waals surface area (Å²) < 4.78 is 5.28. The van der Waals surface area contributed by atoms with Gasteiger partial charge in [-0.1, -0.05) is 26.0 Å². The monoisotopic (exact) mass is 614 g/mol. The summed E-state index contributed by atoms with van der Waals surface area (Å²) in [6.07, 6.45) is 0. The Labute approximate surface area is 318 Å². The van der Waals surface area contributed by atoms with Gasteiger partial charge in [-0.3, -0.25) is 24.0 Å². The minimum absolute atomic E-state index is 0. The molecule has 3 rings (SSSR count). The fraction of sp³-hybridized carbons (Fsp3) is 0.320. The molecule has 3 N–H and O–H groups in total. The standard InChI is InChI=1S/C12H14ClNO3.C12H13NO3.CH2O3.2K.H/c1-7(8(2)15)9-3-4-10(11(16)5-9)14-12(17)6-13;1-7(8(2)14)9-3-4-10-11(5-9)16-6-12(15)13-10;2-1-4-3;;;/h3-5,7,16H,6H2,1-2H3,(H,14,17);3-5,7H,6H2,1-2H3,(H,13,15);1,3H;;;/q;;;2*+1;-1/p-1. The van der Waals surface area contributed by atoms with Crippen LogP contribution in [0.4, 0.5) is 11.4 Å². The van der Waals surface area contributed by atoms with Gasteiger partial charge in [-0.05, 0) is 49.2 Å². The zero-order valence-electron chi connectivity index (χ0n) is 23.7. The molecule has 0 saturated carbocycles. The zero-order valence-corrected chi connectivity index (χ0v) is 29.7. The van der Waals surface area contributed by atoms with Gasteiger partial charge in [0.15, 0.2) is 6.61 Å². The minimum atomic E-state index is -0.394. The predicted octanol–water partition coefficient (Wildman–Crippen LogP) is -3.47. The molecule has 1 heterocycles. The molecule has 2 atom stereocenters. The van der Waals surface area contributed by atoms with E-state index in [1.165, 1.54) is 13.0 Å². The van der Waals surface area contributed by atoms with Gasteiger partial charge in [0.05, 0.1) is 11.4 Å². The second-order valence-corrected chi connectivity index (χ2v) is 8.18. The van der Waals surface area contributed by atoms with E-state index in [-0.39, 0.29) is 164 Å². The molecule has 0 fully saturated rings. The predicted molar refractivity (Wildman–Crippen MR) is 134 cm³/mol. The first-order valence-electron chi connectivity index (χ1n) is 10.9. The number of ether oxygens (including phenoxy) is 1. The number of amides is 2. The van der Waals surface area contributed by atoms with Gasteiger partial charge in [0, 0.05) is 11.8 Å². The molecule has 0 radical (unpaired) electrons. The van der Waals surface area contributed by atoms with Gasteiger partial charge in [0.25, 0.3) is 12.4 Å². The van der Waals surface area contributed by atoms with E-state index in [1.807, 2.05) is 13.0 Å². The number of aromatic hydroxyl groups is 1. The summed E-state index contributed by atoms with van der Waals surface area (Å²) in [5.74, 6) is -0.467. The number of hydrogen-bond donors (Lipinski definition) is 3. The normalized spacial score (nSPS) is 12.2. The van der Waals surface area contributed by atoms with Gasteiger partial charge in [-0.2, -0.15) is 0 Å². The average molecular weight is 615 g/mol. The molecule has 0 bridgehead atoms. The van der Waals surface area contributed by atoms with Crippen molar-refractivity contribution in [1.29, 1.82) is 0 Å². The second-order valence-electron chi connectivity index (χ2n) is 7.91. The van der Waals surface area contributed by atoms with Gasteiger partial charge in [-0.15, -0.1) is 11.6 Å². The number of anilines is 2. The largest absolute Gasteiger partial charge is 1.00 e. The van der Waals surface area contributed by atoms with Crippen molar-refractivity contribution in [3.63, 3.8) is 0 Å². The maximum Gasteiger partial charge on any atom is 1.00 e. The molecule has 2 aromatic carbocycles. The maximum absolute atomic E-state index is 11.3. The molecule has 39 heavy (non-hydrogen) atoms. The fourth-order valence-electron chi connectivity index (χ4n) is 2.94. The summed E-state index contributed by atoms with van der Waals surface area (Å²) in [4.78, 5) is 55.8. The molecule has 1 aliphatic rings. The first-order chi connectivity index (χ1) is 17.4. The van der Waals surface area contributed by atoms with Crippen LogP contribution in [0.5, 0.6) is 11.5 Å². The summed E-state index contributed by atoms with van der Waals surface area (Å²) >= 11 is 5.34. The molecular weight excluding hydrogens is 586 g/mol. The second kappa shape index (κ2) is 21.1. The topological polar surface area (TPSA) is 171 Å². The van der Waals surface area contributed by atoms with Crippen LogP contribution in [0.3, 0.4) is 0 Å². The zero-order chi connectivity index (χ0) is 28.1. The molecular formula is C25H29ClK2N2O9. The number of rotatable bonds is 7. The summed E-state index contributed by atoms with van der Waals surface area (Å²) in [5, 5.41) is 23.3. The Hall–Kier alpha value is -0.687. The van der Waals surface area contributed by atoms with Crippen molar-refractivity contribution >= 4 is 52.8 Å². The Balaban J connectivity index is -0.000000566. The quantitative estimate of drug-likeness (QED) is 0.0716. The van der Waals surface area contributed by atoms with Crippen molar-refractivity contribution in [2.45, 2.75) is 39.5 Å². The molecule has 202 valence electrons. The number of benzene rings is 2. The number of carbonyl (C=O) groups is 5. The van der Waals surface area contributed by atoms with E-state index in [0.717, 1.165) is 5.56 Å². The van der Waals surface area contributed by atoms with Crippen LogP contribution in [0.25, 0.3) is 0 Å². The third kappa shape index (κ3) is 14.2. The van der Waals surface area contributed by atoms with Crippen LogP contribution in [-0.4, -0.2) is 47.4 Å². The number of ketones is 2. The fourth-order valence-corrected chi connectivity index (χ4v) is 3.00. The number of phenolic OH excluding ortho intramolecular Hbond substituents is 1. The van der Waals surface area contributed by atoms with E-state index in [2.05, 4.69) is 15.5 Å². The Kier molecular flexibility index (Phi) is 21.9. The van der Waals surface area contributed by atoms with Crippen molar-refractivity contribution in [2.24, 2.45) is 0 Å². The molecule has 2 aromatic rings. The average Bonchev–Trinajstić information content (AvgIpc) is 2.88. The van der Waals surface area contributed by atoms with Crippen molar-refractivity contribution in [3.8, 4) is 11.5 Å². The molecule has 2 amide bonds. The summed E-state index contributed by atoms with van der Waals surface area (Å²) in [6.45, 7) is 6.52. The maximum atomic E-state index is 11.3. The van der Waals surface area contributed by atoms with Crippen LogP contribution in [0.2, 0.25) is 0 Å². The first kappa shape index (κ1) is 40.5. The molecule has 14 heteroatoms. The van der Waals surface area contributed by atoms with Gasteiger partial charge in [0.1, 0.15) is 28.9 Å². The molecule has 0 aliphatic carbocycles. The van der Waals surface area contributed by atoms with Gasteiger partial charge < -0.3 is 32.0 Å². The van der Waals surface area contributed by atoms with Gasteiger partial charge >= 0.3 is 103 Å². The molecule has 0 spiro atoms. The van der Waals surface area contributed by atoms with Crippen LogP contribution in [0.1, 0.15) is 52.1 Å². The minimum Gasteiger partial charge on any atom is -1.00 e. The SMILES string of the molecule is CC(=O)C(C)c1ccc(NC(=O)CCl)c(O)c1.CC(=O)C(C)c1ccc2c(c1)OCC(=O)N2.O=CO[O-].[H-].[K+].[K+]. The number of fused-ring (bicyclic) bond motifs is 1. The number of nitrogens with one attached hydrogen (secondary N) is 2. The Morgan fingerprint density at radius 2 is 1.64 bits per heavy atom. The number of carbonyl (C=O) groups excluding carboxylic acids is 5. The van der Waals surface area contributed by atoms with E-state index in [1.54, 1.807) is 38.1 Å². The van der Waals surface area contributed by atoms with E-state index >= 15 is 0 Å². The van der Waals surface area contributed by atoms with Crippen LogP contribution in [0, 0.1) is 0 Å². The van der Waals surface area contributed by atoms with Crippen molar-refractivity contribution in [1.82, 2.24) is 0 Å². The Morgan fingerprint density at radius 1 is 1.13 bits per heavy atom. The van der Waals surface area contributed by atoms with Crippen LogP contribution in [-0.2, 0) is 28.9 Å². The van der Waals surface area contributed by atoms with Crippen molar-refractivity contribution in [2.75, 3.05) is 23.1 Å². The summed E-state index contributed by atoms with van der Waals surface area (Å²) in [7, 11) is 0. The van der Waals surface area contributed by atoms with Crippen molar-refractivity contribution < 1.29 is 148 Å². The van der Waals surface area contributed by atoms with Crippen LogP contribution < -0.4 is 123 Å². The Morgan fingerprint density at radius 3 is 2.10 bits per heavy atom. The van der Waals surface area contributed by atoms with Crippen LogP contribution in [0.15, 0.2) is 36.4 Å². The molecule has 2 unspecified atom stereocenters. The molecule has 0 saturated heterocycles. The van der Waals surface area contributed by atoms with Crippen LogP contribution >= 0.6 is 11.6 Å². The molecule has 0 aromatic heterocycles. The number of hydrogen-bond acceptors (Lipinski definition) is 9. The number of alkyl halides is 1. The smallest absolute Gasteiger partial charge is 1.00 e. The van der Waals surface area contributed by atoms with Crippen molar-refractivity contribution in [3.05, 3.63) is 47.5 Å². The molecule has 1 aliphatic heterocycles. The van der Waals surface area contributed by atoms with E-state index in [9.17, 15) is 24.3 Å². The number of phenols is 1. The van der Waals surface area contributed by atoms with E-state index in [0.29, 0.717) is 17.0 Å². The third-order valence-electron chi connectivity index (χ3n) is 5.31. The number of Topliss-reactive ketones (excluding diaryl/α,β-unsaturated/α-hetero) is 2. The third-order valence-corrected chi connectivity index (χ3v) is 5.56. The van der Waals surface area contributed by atoms with E-state index < -0.39 is 5.91 Å². The summed E-state index contributed by atoms with van der Waals surface area (Å²) in [5.41, 5.74) is 2.56. The van der Waals surface area contributed by atoms with Gasteiger partial charge in [-0.25, -0.2) is 0 Å². The Bertz CT molecular complexity index is 1160. The molecule has 11 nitrogen and oxygen atoms in total. The summed E-state index contributed by atoms with van der Waals surface area (Å²) in [6, 6.07) is 10.1. The number of halogens is 1. The van der Waals surface area contributed by atoms with E-state index in [4.69, 9.17) is 26.4 Å².